The van der Waals surface area contributed by atoms with Crippen LogP contribution < -0.4 is 9.80 Å². The zero-order valence-electron chi connectivity index (χ0n) is 40.9. The van der Waals surface area contributed by atoms with Crippen LogP contribution in [0.1, 0.15) is 11.1 Å². The number of benzene rings is 13. The number of aryl methyl sites for hydroxylation is 2. The van der Waals surface area contributed by atoms with Crippen LogP contribution in [0.15, 0.2) is 255 Å². The molecule has 0 saturated heterocycles. The minimum absolute atomic E-state index is 0.339. The molecule has 0 aromatic heterocycles. The van der Waals surface area contributed by atoms with E-state index < -0.39 is 0 Å². The van der Waals surface area contributed by atoms with Crippen molar-refractivity contribution in [2.24, 2.45) is 0 Å². The van der Waals surface area contributed by atoms with Crippen molar-refractivity contribution in [2.75, 3.05) is 9.80 Å². The third-order valence-corrected chi connectivity index (χ3v) is 14.7. The zero-order valence-corrected chi connectivity index (χ0v) is 40.9. The number of rotatable bonds is 10. The molecule has 74 heavy (non-hydrogen) atoms. The van der Waals surface area contributed by atoms with Gasteiger partial charge in [0.15, 0.2) is 0 Å². The Bertz CT molecular complexity index is 4200. The molecule has 13 aromatic carbocycles. The third-order valence-electron chi connectivity index (χ3n) is 14.7. The maximum absolute atomic E-state index is 18.1. The van der Waals surface area contributed by atoms with Gasteiger partial charge < -0.3 is 9.80 Å². The number of nitrogens with zero attached hydrogens (tertiary/aromatic N) is 2. The van der Waals surface area contributed by atoms with Gasteiger partial charge in [-0.25, -0.2) is 8.78 Å². The van der Waals surface area contributed by atoms with E-state index in [-0.39, 0.29) is 11.6 Å². The Balaban J connectivity index is 1.15. The normalized spacial score (nSPS) is 11.5. The molecule has 352 valence electrons. The van der Waals surface area contributed by atoms with Crippen molar-refractivity contribution in [3.05, 3.63) is 278 Å². The molecule has 0 amide bonds. The Morgan fingerprint density at radius 3 is 1.11 bits per heavy atom. The Hall–Kier alpha value is -9.38. The fraction of sp³-hybridized carbons (Fsp3) is 0.0286. The summed E-state index contributed by atoms with van der Waals surface area (Å²) in [4.78, 5) is 4.25. The minimum Gasteiger partial charge on any atom is -0.307 e. The van der Waals surface area contributed by atoms with Gasteiger partial charge in [0.2, 0.25) is 0 Å². The highest BCUT2D eigenvalue weighted by Gasteiger charge is 2.30. The molecule has 0 spiro atoms. The van der Waals surface area contributed by atoms with Crippen LogP contribution >= 0.6 is 0 Å². The van der Waals surface area contributed by atoms with Crippen LogP contribution in [0.2, 0.25) is 0 Å². The topological polar surface area (TPSA) is 6.48 Å². The molecule has 0 bridgehead atoms. The van der Waals surface area contributed by atoms with Crippen molar-refractivity contribution < 1.29 is 8.78 Å². The van der Waals surface area contributed by atoms with Crippen molar-refractivity contribution in [2.45, 2.75) is 13.8 Å². The van der Waals surface area contributed by atoms with Crippen molar-refractivity contribution >= 4 is 77.2 Å². The van der Waals surface area contributed by atoms with E-state index in [0.29, 0.717) is 11.4 Å². The lowest BCUT2D eigenvalue weighted by atomic mass is 9.84. The van der Waals surface area contributed by atoms with Crippen molar-refractivity contribution in [3.63, 3.8) is 0 Å². The van der Waals surface area contributed by atoms with Crippen LogP contribution in [0.4, 0.5) is 42.9 Å². The molecule has 0 aliphatic rings. The summed E-state index contributed by atoms with van der Waals surface area (Å²) in [6.45, 7) is 4.34. The summed E-state index contributed by atoms with van der Waals surface area (Å²) in [5.41, 5.74) is 13.2. The monoisotopic (exact) mass is 954 g/mol. The second kappa shape index (κ2) is 18.3. The fourth-order valence-corrected chi connectivity index (χ4v) is 11.5. The number of fused-ring (bicyclic) bond motifs is 3. The Labute approximate surface area is 429 Å². The van der Waals surface area contributed by atoms with Gasteiger partial charge in [-0.15, -0.1) is 0 Å². The molecule has 0 heterocycles. The Morgan fingerprint density at radius 2 is 0.635 bits per heavy atom. The molecule has 0 radical (unpaired) electrons. The third kappa shape index (κ3) is 7.45. The zero-order chi connectivity index (χ0) is 49.9. The molecule has 0 aliphatic heterocycles. The maximum atomic E-state index is 18.1. The average Bonchev–Trinajstić information content (AvgIpc) is 3.51. The Kier molecular flexibility index (Phi) is 11.0. The molecule has 2 nitrogen and oxygen atoms in total. The molecule has 4 heteroatoms. The van der Waals surface area contributed by atoms with Crippen LogP contribution in [-0.4, -0.2) is 0 Å². The van der Waals surface area contributed by atoms with E-state index in [0.717, 1.165) is 121 Å². The lowest BCUT2D eigenvalue weighted by Gasteiger charge is -2.33. The van der Waals surface area contributed by atoms with Crippen molar-refractivity contribution in [3.8, 4) is 44.5 Å². The summed E-state index contributed by atoms with van der Waals surface area (Å²) in [7, 11) is 0. The SMILES string of the molecule is Cc1cc(N(c2ccccc2)c2c(F)cc(-c3ccccc3)cc2-c2ccccc2)c2c3ccccc3c3c(C)cc(N(c4ccccc4)c4c(F)cc(-c5ccccc5)cc4-c4ccccc4)c4ccc1c2c43. The summed E-state index contributed by atoms with van der Waals surface area (Å²) in [6.07, 6.45) is 0. The van der Waals surface area contributed by atoms with Gasteiger partial charge in [0.25, 0.3) is 0 Å². The maximum Gasteiger partial charge on any atom is 0.148 e. The predicted octanol–water partition coefficient (Wildman–Crippen LogP) is 20.2. The lowest BCUT2D eigenvalue weighted by Crippen LogP contribution is -2.15. The van der Waals surface area contributed by atoms with E-state index in [9.17, 15) is 0 Å². The highest BCUT2D eigenvalue weighted by molar-refractivity contribution is 6.38. The first-order valence-electron chi connectivity index (χ1n) is 25.1. The first kappa shape index (κ1) is 44.6. The van der Waals surface area contributed by atoms with Crippen LogP contribution in [0.25, 0.3) is 87.6 Å². The van der Waals surface area contributed by atoms with E-state index in [1.807, 2.05) is 133 Å². The second-order valence-corrected chi connectivity index (χ2v) is 19.1. The molecule has 0 fully saturated rings. The van der Waals surface area contributed by atoms with Gasteiger partial charge in [-0.1, -0.05) is 194 Å². The number of halogens is 2. The van der Waals surface area contributed by atoms with Gasteiger partial charge in [0.1, 0.15) is 11.6 Å². The van der Waals surface area contributed by atoms with Gasteiger partial charge >= 0.3 is 0 Å². The standard InChI is InChI=1S/C70H48F2N2/c1-45-39-64(74(54-33-19-8-20-34-54)70-60(50-29-15-6-16-30-50)42-52(44-62(70)72)48-25-11-4-12-26-48)66-57-36-22-21-35-56(57)65-46(2)40-63(58-38-37-55(45)67(66)68(58)65)73(53-31-17-7-18-32-53)69-59(49-27-13-5-14-28-49)41-51(43-61(69)71)47-23-9-3-10-24-47/h3-44H,1-2H3. The molecule has 13 aromatic rings. The minimum atomic E-state index is -0.340. The molecular formula is C70H48F2N2. The molecule has 0 aliphatic carbocycles. The fourth-order valence-electron chi connectivity index (χ4n) is 11.5. The first-order chi connectivity index (χ1) is 36.4. The largest absolute Gasteiger partial charge is 0.307 e. The molecule has 0 unspecified atom stereocenters. The summed E-state index contributed by atoms with van der Waals surface area (Å²) in [5, 5.41) is 8.45. The molecule has 0 atom stereocenters. The molecule has 0 N–H and O–H groups in total. The van der Waals surface area contributed by atoms with Gasteiger partial charge in [-0.05, 0) is 141 Å². The second-order valence-electron chi connectivity index (χ2n) is 19.1. The molecule has 13 rings (SSSR count). The molecule has 0 saturated carbocycles. The molecular weight excluding hydrogens is 907 g/mol. The van der Waals surface area contributed by atoms with Crippen LogP contribution in [-0.2, 0) is 0 Å². The van der Waals surface area contributed by atoms with E-state index in [1.165, 1.54) is 0 Å². The van der Waals surface area contributed by atoms with Gasteiger partial charge in [-0.2, -0.15) is 0 Å². The highest BCUT2D eigenvalue weighted by atomic mass is 19.1. The summed E-state index contributed by atoms with van der Waals surface area (Å²) < 4.78 is 36.0. The van der Waals surface area contributed by atoms with Crippen LogP contribution in [0.3, 0.4) is 0 Å². The lowest BCUT2D eigenvalue weighted by molar-refractivity contribution is 0.629. The average molecular weight is 955 g/mol. The van der Waals surface area contributed by atoms with Crippen molar-refractivity contribution in [1.82, 2.24) is 0 Å². The number of anilines is 6. The number of para-hydroxylation sites is 2. The first-order valence-corrected chi connectivity index (χ1v) is 25.1. The smallest absolute Gasteiger partial charge is 0.148 e. The highest BCUT2D eigenvalue weighted by Crippen LogP contribution is 2.55. The summed E-state index contributed by atoms with van der Waals surface area (Å²) in [5.74, 6) is -0.679. The van der Waals surface area contributed by atoms with E-state index in [1.54, 1.807) is 12.1 Å². The van der Waals surface area contributed by atoms with Gasteiger partial charge in [-0.3, -0.25) is 0 Å². The summed E-state index contributed by atoms with van der Waals surface area (Å²) >= 11 is 0. The Morgan fingerprint density at radius 1 is 0.270 bits per heavy atom. The van der Waals surface area contributed by atoms with E-state index in [2.05, 4.69) is 133 Å². The van der Waals surface area contributed by atoms with E-state index in [4.69, 9.17) is 0 Å². The number of hydrogen-bond acceptors (Lipinski definition) is 2. The van der Waals surface area contributed by atoms with Gasteiger partial charge in [0, 0.05) is 44.0 Å². The van der Waals surface area contributed by atoms with E-state index >= 15 is 8.78 Å². The number of hydrogen-bond donors (Lipinski definition) is 0. The van der Waals surface area contributed by atoms with Crippen LogP contribution in [0.5, 0.6) is 0 Å². The predicted molar refractivity (Wildman–Crippen MR) is 308 cm³/mol. The quantitative estimate of drug-likeness (QED) is 0.0995. The summed E-state index contributed by atoms with van der Waals surface area (Å²) in [6, 6.07) is 85.8. The van der Waals surface area contributed by atoms with Gasteiger partial charge in [0.05, 0.1) is 22.7 Å². The van der Waals surface area contributed by atoms with Crippen molar-refractivity contribution in [1.29, 1.82) is 0 Å². The van der Waals surface area contributed by atoms with Crippen LogP contribution in [0, 0.1) is 25.5 Å².